The Bertz CT molecular complexity index is 421. The molecule has 1 unspecified atom stereocenters. The number of aryl methyl sites for hydroxylation is 2. The number of likely N-dealkylation sites (N-methyl/N-ethyl adjacent to an activating group) is 1. The maximum Gasteiger partial charge on any atom is 0.240 e. The molecule has 0 spiro atoms. The van der Waals surface area contributed by atoms with Crippen molar-refractivity contribution in [2.75, 3.05) is 6.54 Å². The second-order valence-electron chi connectivity index (χ2n) is 5.22. The molecule has 0 aliphatic heterocycles. The zero-order valence-corrected chi connectivity index (χ0v) is 12.2. The minimum Gasteiger partial charge on any atom is -0.466 e. The van der Waals surface area contributed by atoms with Crippen LogP contribution in [0.1, 0.15) is 50.8 Å². The smallest absolute Gasteiger partial charge is 0.240 e. The van der Waals surface area contributed by atoms with E-state index in [9.17, 15) is 4.79 Å². The fraction of sp³-hybridized carbons (Fsp3) is 0.643. The third-order valence-corrected chi connectivity index (χ3v) is 3.08. The lowest BCUT2D eigenvalue weighted by Crippen LogP contribution is -2.53. The van der Waals surface area contributed by atoms with Crippen molar-refractivity contribution in [1.82, 2.24) is 10.6 Å². The molecule has 1 rings (SSSR count). The van der Waals surface area contributed by atoms with Crippen molar-refractivity contribution < 1.29 is 9.21 Å². The molecule has 2 N–H and O–H groups in total. The molecule has 0 aromatic carbocycles. The minimum atomic E-state index is -0.560. The van der Waals surface area contributed by atoms with Gasteiger partial charge in [-0.15, -0.1) is 0 Å². The van der Waals surface area contributed by atoms with Gasteiger partial charge in [-0.2, -0.15) is 0 Å². The lowest BCUT2D eigenvalue weighted by molar-refractivity contribution is -0.127. The normalized spacial score (nSPS) is 13.4. The van der Waals surface area contributed by atoms with E-state index in [1.165, 1.54) is 0 Å². The average molecular weight is 252 g/mol. The van der Waals surface area contributed by atoms with E-state index < -0.39 is 5.54 Å². The van der Waals surface area contributed by atoms with Gasteiger partial charge in [0.15, 0.2) is 0 Å². The van der Waals surface area contributed by atoms with E-state index in [0.29, 0.717) is 0 Å². The molecule has 0 saturated heterocycles. The van der Waals surface area contributed by atoms with Crippen LogP contribution in [0.5, 0.6) is 0 Å². The molecule has 0 bridgehead atoms. The van der Waals surface area contributed by atoms with Crippen molar-refractivity contribution in [2.24, 2.45) is 0 Å². The van der Waals surface area contributed by atoms with Crippen LogP contribution in [0.4, 0.5) is 0 Å². The van der Waals surface area contributed by atoms with E-state index in [1.807, 2.05) is 47.6 Å². The van der Waals surface area contributed by atoms with E-state index in [1.54, 1.807) is 0 Å². The number of hydrogen-bond acceptors (Lipinski definition) is 3. The average Bonchev–Trinajstić information content (AvgIpc) is 2.57. The number of furan rings is 1. The Morgan fingerprint density at radius 1 is 1.44 bits per heavy atom. The summed E-state index contributed by atoms with van der Waals surface area (Å²) in [6.45, 7) is 12.3. The van der Waals surface area contributed by atoms with Crippen molar-refractivity contribution in [2.45, 2.75) is 53.1 Å². The Morgan fingerprint density at radius 2 is 2.06 bits per heavy atom. The van der Waals surface area contributed by atoms with Crippen LogP contribution in [0.2, 0.25) is 0 Å². The van der Waals surface area contributed by atoms with Crippen LogP contribution in [-0.2, 0) is 4.79 Å². The van der Waals surface area contributed by atoms with Crippen LogP contribution >= 0.6 is 0 Å². The summed E-state index contributed by atoms with van der Waals surface area (Å²) in [7, 11) is 0. The largest absolute Gasteiger partial charge is 0.466 e. The van der Waals surface area contributed by atoms with Crippen LogP contribution in [0, 0.1) is 13.8 Å². The number of amides is 1. The SMILES string of the molecule is CCNC(C)(C)C(=O)NC(C)c1cc(C)oc1C. The summed E-state index contributed by atoms with van der Waals surface area (Å²) >= 11 is 0. The summed E-state index contributed by atoms with van der Waals surface area (Å²) in [5.41, 5.74) is 0.475. The highest BCUT2D eigenvalue weighted by Gasteiger charge is 2.28. The van der Waals surface area contributed by atoms with Crippen molar-refractivity contribution in [3.63, 3.8) is 0 Å². The van der Waals surface area contributed by atoms with Crippen LogP contribution in [-0.4, -0.2) is 18.0 Å². The Balaban J connectivity index is 2.73. The second-order valence-corrected chi connectivity index (χ2v) is 5.22. The molecule has 1 heterocycles. The molecule has 1 aromatic rings. The third-order valence-electron chi connectivity index (χ3n) is 3.08. The fourth-order valence-corrected chi connectivity index (χ4v) is 2.06. The first-order valence-corrected chi connectivity index (χ1v) is 6.41. The highest BCUT2D eigenvalue weighted by molar-refractivity contribution is 5.85. The highest BCUT2D eigenvalue weighted by Crippen LogP contribution is 2.21. The lowest BCUT2D eigenvalue weighted by atomic mass is 10.0. The predicted octanol–water partition coefficient (Wildman–Crippen LogP) is 2.46. The van der Waals surface area contributed by atoms with Crippen LogP contribution < -0.4 is 10.6 Å². The highest BCUT2D eigenvalue weighted by atomic mass is 16.3. The maximum atomic E-state index is 12.2. The van der Waals surface area contributed by atoms with Gasteiger partial charge in [-0.3, -0.25) is 4.79 Å². The van der Waals surface area contributed by atoms with Gasteiger partial charge in [0.2, 0.25) is 5.91 Å². The molecule has 1 amide bonds. The topological polar surface area (TPSA) is 54.3 Å². The molecular weight excluding hydrogens is 228 g/mol. The molecular formula is C14H24N2O2. The summed E-state index contributed by atoms with van der Waals surface area (Å²) in [6.07, 6.45) is 0. The van der Waals surface area contributed by atoms with Gasteiger partial charge in [-0.05, 0) is 47.2 Å². The molecule has 4 nitrogen and oxygen atoms in total. The maximum absolute atomic E-state index is 12.2. The number of hydrogen-bond donors (Lipinski definition) is 2. The van der Waals surface area contributed by atoms with E-state index >= 15 is 0 Å². The van der Waals surface area contributed by atoms with Gasteiger partial charge in [-0.1, -0.05) is 6.92 Å². The van der Waals surface area contributed by atoms with Gasteiger partial charge in [0, 0.05) is 5.56 Å². The van der Waals surface area contributed by atoms with Crippen molar-refractivity contribution in [3.05, 3.63) is 23.2 Å². The number of nitrogens with one attached hydrogen (secondary N) is 2. The number of carbonyl (C=O) groups is 1. The van der Waals surface area contributed by atoms with E-state index in [0.717, 1.165) is 23.6 Å². The lowest BCUT2D eigenvalue weighted by Gasteiger charge is -2.26. The molecule has 0 saturated carbocycles. The first-order valence-electron chi connectivity index (χ1n) is 6.41. The zero-order chi connectivity index (χ0) is 13.9. The Hall–Kier alpha value is -1.29. The van der Waals surface area contributed by atoms with E-state index in [4.69, 9.17) is 4.42 Å². The van der Waals surface area contributed by atoms with Crippen LogP contribution in [0.15, 0.2) is 10.5 Å². The van der Waals surface area contributed by atoms with Gasteiger partial charge in [-0.25, -0.2) is 0 Å². The quantitative estimate of drug-likeness (QED) is 0.846. The summed E-state index contributed by atoms with van der Waals surface area (Å²) in [5, 5.41) is 6.18. The molecule has 102 valence electrons. The van der Waals surface area contributed by atoms with Gasteiger partial charge in [0.25, 0.3) is 0 Å². The van der Waals surface area contributed by atoms with Gasteiger partial charge < -0.3 is 15.1 Å². The molecule has 0 radical (unpaired) electrons. The summed E-state index contributed by atoms with van der Waals surface area (Å²) < 4.78 is 5.48. The van der Waals surface area contributed by atoms with Crippen LogP contribution in [0.25, 0.3) is 0 Å². The van der Waals surface area contributed by atoms with Crippen LogP contribution in [0.3, 0.4) is 0 Å². The third kappa shape index (κ3) is 3.35. The van der Waals surface area contributed by atoms with E-state index in [-0.39, 0.29) is 11.9 Å². The van der Waals surface area contributed by atoms with E-state index in [2.05, 4.69) is 10.6 Å². The van der Waals surface area contributed by atoms with Gasteiger partial charge >= 0.3 is 0 Å². The van der Waals surface area contributed by atoms with Crippen molar-refractivity contribution in [3.8, 4) is 0 Å². The Kier molecular flexibility index (Phi) is 4.57. The summed E-state index contributed by atoms with van der Waals surface area (Å²) in [6, 6.07) is 1.92. The van der Waals surface area contributed by atoms with Crippen molar-refractivity contribution in [1.29, 1.82) is 0 Å². The van der Waals surface area contributed by atoms with Crippen molar-refractivity contribution >= 4 is 5.91 Å². The first-order chi connectivity index (χ1) is 8.27. The first kappa shape index (κ1) is 14.8. The minimum absolute atomic E-state index is 0.00453. The summed E-state index contributed by atoms with van der Waals surface area (Å²) in [4.78, 5) is 12.2. The molecule has 18 heavy (non-hydrogen) atoms. The number of rotatable bonds is 5. The standard InChI is InChI=1S/C14H24N2O2/c1-7-15-14(5,6)13(17)16-10(3)12-8-9(2)18-11(12)4/h8,10,15H,7H2,1-6H3,(H,16,17). The molecule has 0 fully saturated rings. The molecule has 4 heteroatoms. The molecule has 1 atom stereocenters. The second kappa shape index (κ2) is 5.57. The molecule has 0 aliphatic rings. The Morgan fingerprint density at radius 3 is 2.50 bits per heavy atom. The predicted molar refractivity (Wildman–Crippen MR) is 72.5 cm³/mol. The molecule has 1 aromatic heterocycles. The monoisotopic (exact) mass is 252 g/mol. The van der Waals surface area contributed by atoms with Gasteiger partial charge in [0.1, 0.15) is 11.5 Å². The molecule has 0 aliphatic carbocycles. The number of carbonyl (C=O) groups excluding carboxylic acids is 1. The zero-order valence-electron chi connectivity index (χ0n) is 12.2. The summed E-state index contributed by atoms with van der Waals surface area (Å²) in [5.74, 6) is 1.73. The fourth-order valence-electron chi connectivity index (χ4n) is 2.06. The van der Waals surface area contributed by atoms with Gasteiger partial charge in [0.05, 0.1) is 11.6 Å². The Labute approximate surface area is 109 Å².